The highest BCUT2D eigenvalue weighted by Crippen LogP contribution is 2.31. The van der Waals surface area contributed by atoms with Crippen molar-refractivity contribution in [2.75, 3.05) is 52.4 Å². The molecule has 0 unspecified atom stereocenters. The molecule has 0 aliphatic heterocycles. The summed E-state index contributed by atoms with van der Waals surface area (Å²) < 4.78 is 2.15. The Labute approximate surface area is 293 Å². The summed E-state index contributed by atoms with van der Waals surface area (Å²) in [5, 5.41) is 1.02. The summed E-state index contributed by atoms with van der Waals surface area (Å²) in [7, 11) is 0. The van der Waals surface area contributed by atoms with Crippen molar-refractivity contribution >= 4 is 23.5 Å². The van der Waals surface area contributed by atoms with Gasteiger partial charge in [-0.05, 0) is 94.3 Å². The molecule has 0 spiro atoms. The molecule has 256 valence electrons. The summed E-state index contributed by atoms with van der Waals surface area (Å²) in [6, 6.07) is 29.5. The molecule has 0 amide bonds. The van der Waals surface area contributed by atoms with Gasteiger partial charge in [0.1, 0.15) is 5.65 Å². The molecule has 0 bridgehead atoms. The van der Waals surface area contributed by atoms with Gasteiger partial charge in [-0.1, -0.05) is 94.4 Å². The second kappa shape index (κ2) is 18.9. The lowest BCUT2D eigenvalue weighted by Gasteiger charge is -2.16. The van der Waals surface area contributed by atoms with Gasteiger partial charge in [-0.2, -0.15) is 0 Å². The number of aliphatic imine (C=N–C) groups is 2. The van der Waals surface area contributed by atoms with Gasteiger partial charge >= 0.3 is 0 Å². The number of hydrogen-bond acceptors (Lipinski definition) is 6. The van der Waals surface area contributed by atoms with E-state index in [1.807, 2.05) is 18.5 Å². The Morgan fingerprint density at radius 3 is 1.65 bits per heavy atom. The van der Waals surface area contributed by atoms with Crippen molar-refractivity contribution in [2.45, 2.75) is 53.4 Å². The third kappa shape index (κ3) is 10.0. The molecule has 5 rings (SSSR count). The quantitative estimate of drug-likeness (QED) is 0.0659. The monoisotopic (exact) mass is 655 g/mol. The normalized spacial score (nSPS) is 12.0. The van der Waals surface area contributed by atoms with E-state index in [-0.39, 0.29) is 0 Å². The summed E-state index contributed by atoms with van der Waals surface area (Å²) in [5.41, 5.74) is 7.09. The Kier molecular flexibility index (Phi) is 13.8. The molecular weight excluding hydrogens is 603 g/mol. The zero-order valence-electron chi connectivity index (χ0n) is 29.9. The van der Waals surface area contributed by atoms with Crippen LogP contribution in [0.3, 0.4) is 0 Å². The number of para-hydroxylation sites is 1. The highest BCUT2D eigenvalue weighted by atomic mass is 15.1. The highest BCUT2D eigenvalue weighted by molar-refractivity contribution is 5.94. The molecule has 7 heteroatoms. The van der Waals surface area contributed by atoms with E-state index in [1.165, 1.54) is 12.8 Å². The van der Waals surface area contributed by atoms with Crippen molar-refractivity contribution in [3.63, 3.8) is 0 Å². The minimum Gasteiger partial charge on any atom is -0.304 e. The lowest BCUT2D eigenvalue weighted by Crippen LogP contribution is -2.23. The Bertz CT molecular complexity index is 1750. The maximum atomic E-state index is 5.16. The van der Waals surface area contributed by atoms with Crippen LogP contribution in [0.2, 0.25) is 0 Å². The summed E-state index contributed by atoms with van der Waals surface area (Å²) in [4.78, 5) is 24.6. The van der Waals surface area contributed by atoms with Gasteiger partial charge < -0.3 is 14.4 Å². The molecule has 7 nitrogen and oxygen atoms in total. The maximum Gasteiger partial charge on any atom is 0.162 e. The molecule has 2 heterocycles. The number of unbranched alkanes of at least 4 members (excludes halogenated alkanes) is 2. The number of hydrogen-bond donors (Lipinski definition) is 0. The fraction of sp³-hybridized carbons (Fsp3) is 0.381. The van der Waals surface area contributed by atoms with E-state index in [0.717, 1.165) is 110 Å². The Balaban J connectivity index is 1.33. The molecule has 0 aliphatic carbocycles. The minimum atomic E-state index is 0.702. The van der Waals surface area contributed by atoms with Crippen LogP contribution in [-0.4, -0.2) is 89.1 Å². The molecule has 0 N–H and O–H groups in total. The van der Waals surface area contributed by atoms with E-state index in [0.29, 0.717) is 5.82 Å². The first kappa shape index (κ1) is 35.8. The molecule has 0 fully saturated rings. The molecule has 0 saturated carbocycles. The predicted molar refractivity (Wildman–Crippen MR) is 209 cm³/mol. The third-order valence-electron chi connectivity index (χ3n) is 9.22. The average molecular weight is 656 g/mol. The fourth-order valence-electron chi connectivity index (χ4n) is 6.10. The molecule has 0 atom stereocenters. The number of aromatic nitrogens is 3. The van der Waals surface area contributed by atoms with Crippen LogP contribution in [0, 0.1) is 0 Å². The number of nitrogens with zero attached hydrogens (tertiary/aromatic N) is 7. The van der Waals surface area contributed by atoms with Gasteiger partial charge in [-0.15, -0.1) is 0 Å². The van der Waals surface area contributed by atoms with Crippen LogP contribution in [-0.2, 0) is 0 Å². The van der Waals surface area contributed by atoms with Crippen molar-refractivity contribution in [1.29, 1.82) is 0 Å². The van der Waals surface area contributed by atoms with Gasteiger partial charge in [0.15, 0.2) is 5.82 Å². The van der Waals surface area contributed by atoms with Crippen LogP contribution in [0.4, 0.5) is 0 Å². The van der Waals surface area contributed by atoms with E-state index in [2.05, 4.69) is 132 Å². The van der Waals surface area contributed by atoms with Crippen LogP contribution in [0.15, 0.2) is 101 Å². The molecule has 0 saturated heterocycles. The van der Waals surface area contributed by atoms with E-state index < -0.39 is 0 Å². The van der Waals surface area contributed by atoms with Gasteiger partial charge in [0.2, 0.25) is 0 Å². The Morgan fingerprint density at radius 2 is 1.12 bits per heavy atom. The Hall–Kier alpha value is -4.46. The lowest BCUT2D eigenvalue weighted by molar-refractivity contribution is 0.298. The smallest absolute Gasteiger partial charge is 0.162 e. The van der Waals surface area contributed by atoms with E-state index >= 15 is 0 Å². The Morgan fingerprint density at radius 1 is 0.592 bits per heavy atom. The average Bonchev–Trinajstić information content (AvgIpc) is 3.59. The molecule has 2 aromatic heterocycles. The van der Waals surface area contributed by atoms with E-state index in [9.17, 15) is 0 Å². The zero-order chi connectivity index (χ0) is 34.3. The zero-order valence-corrected chi connectivity index (χ0v) is 29.9. The summed E-state index contributed by atoms with van der Waals surface area (Å²) in [6.07, 6.45) is 10.6. The van der Waals surface area contributed by atoms with Crippen molar-refractivity contribution < 1.29 is 0 Å². The summed E-state index contributed by atoms with van der Waals surface area (Å²) in [6.45, 7) is 17.3. The van der Waals surface area contributed by atoms with Crippen molar-refractivity contribution in [3.8, 4) is 28.3 Å². The van der Waals surface area contributed by atoms with Crippen LogP contribution in [0.1, 0.15) is 64.5 Å². The van der Waals surface area contributed by atoms with Crippen LogP contribution >= 0.6 is 0 Å². The lowest BCUT2D eigenvalue weighted by atomic mass is 10.1. The molecule has 5 aromatic rings. The van der Waals surface area contributed by atoms with E-state index in [4.69, 9.17) is 15.0 Å². The molecule has 49 heavy (non-hydrogen) atoms. The van der Waals surface area contributed by atoms with Crippen molar-refractivity contribution in [3.05, 3.63) is 102 Å². The maximum absolute atomic E-state index is 5.16. The standard InChI is InChI=1S/C42H53N7/c1-5-47(6-2)29-14-12-27-43-32-34-18-22-36(23-19-34)40-39-26-31-49(38-16-10-9-11-17-38)42(39)46-41(45-40)37-24-20-35(21-25-37)33-44-28-13-15-30-48(7-3)8-4/h9-11,16-26,31-33H,5-8,12-15,27-30H2,1-4H3. The fourth-order valence-corrected chi connectivity index (χ4v) is 6.10. The van der Waals surface area contributed by atoms with Crippen molar-refractivity contribution in [2.24, 2.45) is 9.98 Å². The summed E-state index contributed by atoms with van der Waals surface area (Å²) >= 11 is 0. The van der Waals surface area contributed by atoms with Crippen LogP contribution < -0.4 is 0 Å². The second-order valence-electron chi connectivity index (χ2n) is 12.4. The predicted octanol–water partition coefficient (Wildman–Crippen LogP) is 8.84. The van der Waals surface area contributed by atoms with Crippen molar-refractivity contribution in [1.82, 2.24) is 24.3 Å². The first-order valence-electron chi connectivity index (χ1n) is 18.2. The second-order valence-corrected chi connectivity index (χ2v) is 12.4. The number of rotatable bonds is 19. The first-order chi connectivity index (χ1) is 24.1. The van der Waals surface area contributed by atoms with Gasteiger partial charge in [0, 0.05) is 53.9 Å². The third-order valence-corrected chi connectivity index (χ3v) is 9.22. The first-order valence-corrected chi connectivity index (χ1v) is 18.2. The topological polar surface area (TPSA) is 61.9 Å². The van der Waals surface area contributed by atoms with Gasteiger partial charge in [-0.25, -0.2) is 9.97 Å². The summed E-state index contributed by atoms with van der Waals surface area (Å²) in [5.74, 6) is 0.702. The van der Waals surface area contributed by atoms with Gasteiger partial charge in [-0.3, -0.25) is 9.98 Å². The number of benzene rings is 3. The van der Waals surface area contributed by atoms with Crippen LogP contribution in [0.5, 0.6) is 0 Å². The molecular formula is C42H53N7. The molecule has 3 aromatic carbocycles. The van der Waals surface area contributed by atoms with Gasteiger partial charge in [0.25, 0.3) is 0 Å². The minimum absolute atomic E-state index is 0.702. The van der Waals surface area contributed by atoms with Crippen LogP contribution in [0.25, 0.3) is 39.4 Å². The molecule has 0 radical (unpaired) electrons. The largest absolute Gasteiger partial charge is 0.304 e. The van der Waals surface area contributed by atoms with E-state index in [1.54, 1.807) is 0 Å². The van der Waals surface area contributed by atoms with Gasteiger partial charge in [0.05, 0.1) is 5.69 Å². The SMILES string of the molecule is CCN(CC)CCCCN=Cc1ccc(-c2nc(-c3ccc(C=NCCCCN(CC)CC)cc3)c3ccn(-c4ccccc4)c3n2)cc1. The highest BCUT2D eigenvalue weighted by Gasteiger charge is 2.15. The molecule has 0 aliphatic rings. The number of fused-ring (bicyclic) bond motifs is 1.